The van der Waals surface area contributed by atoms with Crippen molar-refractivity contribution in [3.8, 4) is 11.5 Å². The summed E-state index contributed by atoms with van der Waals surface area (Å²) in [5.41, 5.74) is -1.64. The van der Waals surface area contributed by atoms with Crippen LogP contribution in [-0.4, -0.2) is 59.4 Å². The van der Waals surface area contributed by atoms with Crippen LogP contribution in [0, 0.1) is 5.92 Å². The molecule has 3 aromatic rings. The molecule has 3 aliphatic heterocycles. The number of nitrogens with zero attached hydrogens (tertiary/aromatic N) is 1. The Labute approximate surface area is 208 Å². The highest BCUT2D eigenvalue weighted by molar-refractivity contribution is 7.12. The highest BCUT2D eigenvalue weighted by Gasteiger charge is 2.49. The molecule has 3 saturated heterocycles. The van der Waals surface area contributed by atoms with Crippen molar-refractivity contribution in [1.82, 2.24) is 5.32 Å². The Morgan fingerprint density at radius 2 is 1.79 bits per heavy atom. The van der Waals surface area contributed by atoms with Crippen LogP contribution >= 0.6 is 22.7 Å². The average Bonchev–Trinajstić information content (AvgIpc) is 3.57. The Morgan fingerprint density at radius 3 is 2.41 bits per heavy atom. The van der Waals surface area contributed by atoms with Crippen molar-refractivity contribution in [3.05, 3.63) is 69.0 Å². The second-order valence-corrected chi connectivity index (χ2v) is 11.4. The molecule has 1 amide bonds. The van der Waals surface area contributed by atoms with E-state index in [4.69, 9.17) is 4.74 Å². The van der Waals surface area contributed by atoms with Crippen LogP contribution in [0.2, 0.25) is 0 Å². The number of hydrogen-bond acceptors (Lipinski definition) is 6. The van der Waals surface area contributed by atoms with Crippen LogP contribution < -0.4 is 10.1 Å². The third kappa shape index (κ3) is 4.60. The molecule has 0 aliphatic carbocycles. The average molecular weight is 500 g/mol. The lowest BCUT2D eigenvalue weighted by molar-refractivity contribution is -0.944. The summed E-state index contributed by atoms with van der Waals surface area (Å²) in [6, 6.07) is 14.4. The highest BCUT2D eigenvalue weighted by Crippen LogP contribution is 2.38. The molecular formula is C26H31N2O4S2+. The molecule has 3 fully saturated rings. The number of thiophene rings is 2. The molecule has 5 heterocycles. The molecule has 180 valence electrons. The van der Waals surface area contributed by atoms with Crippen LogP contribution in [0.25, 0.3) is 0 Å². The van der Waals surface area contributed by atoms with Crippen molar-refractivity contribution < 1.29 is 24.2 Å². The number of benzene rings is 1. The van der Waals surface area contributed by atoms with E-state index in [9.17, 15) is 15.0 Å². The van der Waals surface area contributed by atoms with Gasteiger partial charge >= 0.3 is 0 Å². The lowest BCUT2D eigenvalue weighted by Gasteiger charge is -2.53. The third-order valence-corrected chi connectivity index (χ3v) is 9.32. The number of hydrogen-bond donors (Lipinski definition) is 3. The van der Waals surface area contributed by atoms with Crippen LogP contribution in [0.5, 0.6) is 11.5 Å². The fourth-order valence-corrected chi connectivity index (χ4v) is 7.25. The molecule has 0 unspecified atom stereocenters. The summed E-state index contributed by atoms with van der Waals surface area (Å²) in [4.78, 5) is 14.9. The molecule has 0 saturated carbocycles. The van der Waals surface area contributed by atoms with Crippen molar-refractivity contribution in [2.75, 3.05) is 32.8 Å². The van der Waals surface area contributed by atoms with E-state index >= 15 is 0 Å². The number of amides is 1. The van der Waals surface area contributed by atoms with Crippen molar-refractivity contribution in [2.24, 2.45) is 5.92 Å². The number of quaternary nitrogens is 1. The first kappa shape index (κ1) is 23.4. The number of piperidine rings is 3. The maximum atomic E-state index is 13.6. The summed E-state index contributed by atoms with van der Waals surface area (Å²) < 4.78 is 6.82. The summed E-state index contributed by atoms with van der Waals surface area (Å²) in [5, 5.41) is 28.3. The predicted octanol–water partition coefficient (Wildman–Crippen LogP) is 3.95. The van der Waals surface area contributed by atoms with E-state index in [0.29, 0.717) is 28.0 Å². The SMILES string of the molecule is O=C(N[C@H]1C[N+]2(CCCOc3cccc(O)c3)CCC1CC2)C(O)(c1cccs1)c1cccs1. The Hall–Kier alpha value is -2.39. The van der Waals surface area contributed by atoms with E-state index < -0.39 is 5.60 Å². The van der Waals surface area contributed by atoms with E-state index in [0.717, 1.165) is 49.9 Å². The molecule has 6 nitrogen and oxygen atoms in total. The molecule has 6 rings (SSSR count). The lowest BCUT2D eigenvalue weighted by atomic mass is 9.81. The number of phenolic OH excluding ortho intramolecular Hbond substituents is 1. The number of carbonyl (C=O) groups excluding carboxylic acids is 1. The van der Waals surface area contributed by atoms with Crippen LogP contribution in [0.4, 0.5) is 0 Å². The number of fused-ring (bicyclic) bond motifs is 3. The first-order valence-electron chi connectivity index (χ1n) is 11.9. The molecule has 34 heavy (non-hydrogen) atoms. The second kappa shape index (κ2) is 9.70. The van der Waals surface area contributed by atoms with Gasteiger partial charge in [0.2, 0.25) is 5.60 Å². The molecular weight excluding hydrogens is 468 g/mol. The van der Waals surface area contributed by atoms with E-state index in [1.807, 2.05) is 41.1 Å². The van der Waals surface area contributed by atoms with E-state index in [-0.39, 0.29) is 17.7 Å². The van der Waals surface area contributed by atoms with Crippen LogP contribution in [0.15, 0.2) is 59.3 Å². The second-order valence-electron chi connectivity index (χ2n) is 9.48. The summed E-state index contributed by atoms with van der Waals surface area (Å²) >= 11 is 2.82. The van der Waals surface area contributed by atoms with Crippen LogP contribution in [0.1, 0.15) is 29.0 Å². The van der Waals surface area contributed by atoms with Crippen molar-refractivity contribution in [1.29, 1.82) is 0 Å². The minimum atomic E-state index is -1.64. The zero-order chi connectivity index (χ0) is 23.6. The van der Waals surface area contributed by atoms with E-state index in [1.54, 1.807) is 18.2 Å². The monoisotopic (exact) mass is 499 g/mol. The number of nitrogens with one attached hydrogen (secondary N) is 1. The minimum absolute atomic E-state index is 0.0634. The number of ether oxygens (including phenoxy) is 1. The van der Waals surface area contributed by atoms with Gasteiger partial charge in [0.1, 0.15) is 11.5 Å². The number of phenols is 1. The molecule has 2 aromatic heterocycles. The topological polar surface area (TPSA) is 78.8 Å². The van der Waals surface area contributed by atoms with Gasteiger partial charge in [0, 0.05) is 25.3 Å². The largest absolute Gasteiger partial charge is 0.508 e. The van der Waals surface area contributed by atoms with Gasteiger partial charge in [0.25, 0.3) is 5.91 Å². The Bertz CT molecular complexity index is 1060. The maximum absolute atomic E-state index is 13.6. The third-order valence-electron chi connectivity index (χ3n) is 7.37. The Kier molecular flexibility index (Phi) is 6.66. The van der Waals surface area contributed by atoms with Gasteiger partial charge < -0.3 is 24.7 Å². The number of carbonyl (C=O) groups is 1. The van der Waals surface area contributed by atoms with Gasteiger partial charge in [-0.05, 0) is 40.9 Å². The molecule has 3 N–H and O–H groups in total. The zero-order valence-corrected chi connectivity index (χ0v) is 20.7. The van der Waals surface area contributed by atoms with Gasteiger partial charge in [0.05, 0.1) is 48.6 Å². The van der Waals surface area contributed by atoms with Gasteiger partial charge in [-0.15, -0.1) is 22.7 Å². The van der Waals surface area contributed by atoms with E-state index in [1.165, 1.54) is 22.7 Å². The standard InChI is InChI=1S/C26H30N2O4S2/c29-20-5-1-6-21(17-20)32-14-4-11-28-12-9-19(10-13-28)22(18-28)27-25(30)26(31,23-7-2-15-33-23)24-8-3-16-34-24/h1-3,5-8,15-17,19,22,31H,4,9-14,18H2,(H-,27,29,30)/p+1/t19?,22-,28?/m0/s1. The summed E-state index contributed by atoms with van der Waals surface area (Å²) in [6.45, 7) is 4.75. The van der Waals surface area contributed by atoms with Gasteiger partial charge in [0.15, 0.2) is 0 Å². The van der Waals surface area contributed by atoms with Crippen molar-refractivity contribution in [2.45, 2.75) is 30.9 Å². The van der Waals surface area contributed by atoms with Crippen molar-refractivity contribution >= 4 is 28.6 Å². The quantitative estimate of drug-likeness (QED) is 0.308. The Balaban J connectivity index is 1.23. The normalized spacial score (nSPS) is 24.1. The summed E-state index contributed by atoms with van der Waals surface area (Å²) in [7, 11) is 0. The fourth-order valence-electron chi connectivity index (χ4n) is 5.52. The maximum Gasteiger partial charge on any atom is 0.263 e. The predicted molar refractivity (Wildman–Crippen MR) is 134 cm³/mol. The first-order chi connectivity index (χ1) is 16.5. The number of aromatic hydroxyl groups is 1. The minimum Gasteiger partial charge on any atom is -0.508 e. The summed E-state index contributed by atoms with van der Waals surface area (Å²) in [5.74, 6) is 1.04. The fraction of sp³-hybridized carbons (Fsp3) is 0.423. The first-order valence-corrected chi connectivity index (χ1v) is 13.6. The molecule has 0 radical (unpaired) electrons. The summed E-state index contributed by atoms with van der Waals surface area (Å²) in [6.07, 6.45) is 3.10. The molecule has 2 bridgehead atoms. The van der Waals surface area contributed by atoms with Gasteiger partial charge in [-0.2, -0.15) is 0 Å². The lowest BCUT2D eigenvalue weighted by Crippen LogP contribution is -2.68. The molecule has 8 heteroatoms. The van der Waals surface area contributed by atoms with Gasteiger partial charge in [-0.25, -0.2) is 0 Å². The molecule has 1 atom stereocenters. The molecule has 1 aromatic carbocycles. The van der Waals surface area contributed by atoms with Crippen LogP contribution in [-0.2, 0) is 10.4 Å². The highest BCUT2D eigenvalue weighted by atomic mass is 32.1. The molecule has 3 aliphatic rings. The molecule has 0 spiro atoms. The number of rotatable bonds is 9. The Morgan fingerprint density at radius 1 is 1.09 bits per heavy atom. The zero-order valence-electron chi connectivity index (χ0n) is 19.1. The smallest absolute Gasteiger partial charge is 0.263 e. The van der Waals surface area contributed by atoms with Crippen molar-refractivity contribution in [3.63, 3.8) is 0 Å². The van der Waals surface area contributed by atoms with Gasteiger partial charge in [-0.1, -0.05) is 18.2 Å². The van der Waals surface area contributed by atoms with Gasteiger partial charge in [-0.3, -0.25) is 4.79 Å². The number of aliphatic hydroxyl groups is 1. The van der Waals surface area contributed by atoms with Crippen LogP contribution in [0.3, 0.4) is 0 Å². The van der Waals surface area contributed by atoms with E-state index in [2.05, 4.69) is 5.32 Å².